The number of thiophene rings is 1. The number of nitrogens with one attached hydrogen (secondary N) is 1. The van der Waals surface area contributed by atoms with Gasteiger partial charge in [0, 0.05) is 4.88 Å². The summed E-state index contributed by atoms with van der Waals surface area (Å²) in [6, 6.07) is 25.3. The highest BCUT2D eigenvalue weighted by Crippen LogP contribution is 2.33. The fraction of sp³-hybridized carbons (Fsp3) is 0.105. The zero-order chi connectivity index (χ0) is 14.8. The average Bonchev–Trinajstić information content (AvgIpc) is 3.26. The van der Waals surface area contributed by atoms with Crippen molar-refractivity contribution >= 4 is 17.0 Å². The summed E-state index contributed by atoms with van der Waals surface area (Å²) in [5.41, 5.74) is 3.55. The quantitative estimate of drug-likeness (QED) is 0.752. The Labute approximate surface area is 134 Å². The normalized spacial score (nSPS) is 20.8. The second-order valence-corrected chi connectivity index (χ2v) is 6.29. The zero-order valence-corrected chi connectivity index (χ0v) is 12.8. The SMILES string of the molecule is c1ccc(C2=NC(c3cccs3)NC2c2ccccc2)cc1. The Morgan fingerprint density at radius 3 is 2.23 bits per heavy atom. The maximum absolute atomic E-state index is 4.97. The minimum atomic E-state index is 0.0420. The van der Waals surface area contributed by atoms with Crippen LogP contribution in [-0.4, -0.2) is 5.71 Å². The van der Waals surface area contributed by atoms with Crippen LogP contribution in [0.1, 0.15) is 28.2 Å². The molecule has 2 unspecified atom stereocenters. The van der Waals surface area contributed by atoms with Gasteiger partial charge in [-0.25, -0.2) is 0 Å². The fourth-order valence-electron chi connectivity index (χ4n) is 2.83. The van der Waals surface area contributed by atoms with Crippen molar-refractivity contribution in [2.24, 2.45) is 4.99 Å². The molecule has 108 valence electrons. The van der Waals surface area contributed by atoms with Gasteiger partial charge in [-0.05, 0) is 22.6 Å². The van der Waals surface area contributed by atoms with Crippen LogP contribution in [0, 0.1) is 0 Å². The van der Waals surface area contributed by atoms with Crippen LogP contribution in [0.5, 0.6) is 0 Å². The van der Waals surface area contributed by atoms with Crippen LogP contribution >= 0.6 is 11.3 Å². The van der Waals surface area contributed by atoms with E-state index < -0.39 is 0 Å². The molecular weight excluding hydrogens is 288 g/mol. The van der Waals surface area contributed by atoms with E-state index in [2.05, 4.69) is 77.4 Å². The highest BCUT2D eigenvalue weighted by atomic mass is 32.1. The molecule has 0 saturated carbocycles. The highest BCUT2D eigenvalue weighted by molar-refractivity contribution is 7.10. The minimum absolute atomic E-state index is 0.0420. The molecule has 0 amide bonds. The molecule has 2 heterocycles. The lowest BCUT2D eigenvalue weighted by Gasteiger charge is -2.15. The second-order valence-electron chi connectivity index (χ2n) is 5.31. The molecule has 0 bridgehead atoms. The van der Waals surface area contributed by atoms with Crippen molar-refractivity contribution in [1.82, 2.24) is 5.32 Å². The molecule has 0 saturated heterocycles. The number of aliphatic imine (C=N–C) groups is 1. The second kappa shape index (κ2) is 5.87. The third-order valence-corrected chi connectivity index (χ3v) is 4.81. The molecule has 0 spiro atoms. The van der Waals surface area contributed by atoms with E-state index in [9.17, 15) is 0 Å². The first-order chi connectivity index (χ1) is 10.9. The van der Waals surface area contributed by atoms with E-state index in [1.165, 1.54) is 16.0 Å². The van der Waals surface area contributed by atoms with E-state index >= 15 is 0 Å². The van der Waals surface area contributed by atoms with Gasteiger partial charge in [-0.15, -0.1) is 11.3 Å². The molecule has 1 N–H and O–H groups in total. The van der Waals surface area contributed by atoms with Gasteiger partial charge in [0.1, 0.15) is 6.17 Å². The fourth-order valence-corrected chi connectivity index (χ4v) is 3.55. The van der Waals surface area contributed by atoms with Crippen LogP contribution in [-0.2, 0) is 0 Å². The molecule has 3 aromatic rings. The predicted octanol–water partition coefficient (Wildman–Crippen LogP) is 4.58. The molecule has 2 nitrogen and oxygen atoms in total. The Morgan fingerprint density at radius 2 is 1.55 bits per heavy atom. The van der Waals surface area contributed by atoms with Gasteiger partial charge in [-0.2, -0.15) is 0 Å². The van der Waals surface area contributed by atoms with Gasteiger partial charge in [0.2, 0.25) is 0 Å². The van der Waals surface area contributed by atoms with Crippen molar-refractivity contribution in [2.75, 3.05) is 0 Å². The lowest BCUT2D eigenvalue weighted by atomic mass is 9.97. The number of hydrogen-bond acceptors (Lipinski definition) is 3. The van der Waals surface area contributed by atoms with Gasteiger partial charge in [-0.3, -0.25) is 10.3 Å². The Bertz CT molecular complexity index is 764. The first-order valence-electron chi connectivity index (χ1n) is 7.39. The van der Waals surface area contributed by atoms with Gasteiger partial charge in [0.15, 0.2) is 0 Å². The Balaban J connectivity index is 1.76. The van der Waals surface area contributed by atoms with Crippen molar-refractivity contribution in [3.63, 3.8) is 0 Å². The summed E-state index contributed by atoms with van der Waals surface area (Å²) >= 11 is 1.75. The molecular formula is C19H16N2S. The molecule has 1 aliphatic rings. The van der Waals surface area contributed by atoms with E-state index in [1.807, 2.05) is 6.07 Å². The van der Waals surface area contributed by atoms with Crippen molar-refractivity contribution in [2.45, 2.75) is 12.2 Å². The molecule has 2 atom stereocenters. The van der Waals surface area contributed by atoms with Crippen LogP contribution in [0.2, 0.25) is 0 Å². The number of hydrogen-bond donors (Lipinski definition) is 1. The van der Waals surface area contributed by atoms with Gasteiger partial charge in [0.05, 0.1) is 11.8 Å². The van der Waals surface area contributed by atoms with Crippen LogP contribution in [0.25, 0.3) is 0 Å². The Hall–Kier alpha value is -2.23. The summed E-state index contributed by atoms with van der Waals surface area (Å²) in [5.74, 6) is 0. The molecule has 1 aromatic heterocycles. The summed E-state index contributed by atoms with van der Waals surface area (Å²) in [4.78, 5) is 6.23. The molecule has 0 radical (unpaired) electrons. The summed E-state index contributed by atoms with van der Waals surface area (Å²) < 4.78 is 0. The van der Waals surface area contributed by atoms with Crippen LogP contribution < -0.4 is 5.32 Å². The highest BCUT2D eigenvalue weighted by Gasteiger charge is 2.30. The average molecular weight is 304 g/mol. The smallest absolute Gasteiger partial charge is 0.135 e. The first-order valence-corrected chi connectivity index (χ1v) is 8.27. The van der Waals surface area contributed by atoms with Crippen LogP contribution in [0.15, 0.2) is 83.2 Å². The van der Waals surface area contributed by atoms with E-state index in [0.717, 1.165) is 5.71 Å². The Morgan fingerprint density at radius 1 is 0.818 bits per heavy atom. The third-order valence-electron chi connectivity index (χ3n) is 3.88. The summed E-state index contributed by atoms with van der Waals surface area (Å²) in [5, 5.41) is 5.77. The van der Waals surface area contributed by atoms with E-state index in [4.69, 9.17) is 4.99 Å². The van der Waals surface area contributed by atoms with E-state index in [1.54, 1.807) is 11.3 Å². The topological polar surface area (TPSA) is 24.4 Å². The number of benzene rings is 2. The zero-order valence-electron chi connectivity index (χ0n) is 12.0. The molecule has 1 aliphatic heterocycles. The lowest BCUT2D eigenvalue weighted by Crippen LogP contribution is -2.23. The summed E-state index contributed by atoms with van der Waals surface area (Å²) in [6.45, 7) is 0. The number of rotatable bonds is 3. The molecule has 3 heteroatoms. The summed E-state index contributed by atoms with van der Waals surface area (Å²) in [7, 11) is 0. The third kappa shape index (κ3) is 2.49. The maximum atomic E-state index is 4.97. The molecule has 0 aliphatic carbocycles. The predicted molar refractivity (Wildman–Crippen MR) is 92.4 cm³/mol. The minimum Gasteiger partial charge on any atom is -0.279 e. The molecule has 4 rings (SSSR count). The van der Waals surface area contributed by atoms with Crippen molar-refractivity contribution in [3.8, 4) is 0 Å². The molecule has 22 heavy (non-hydrogen) atoms. The van der Waals surface area contributed by atoms with Crippen molar-refractivity contribution in [1.29, 1.82) is 0 Å². The van der Waals surface area contributed by atoms with Gasteiger partial charge >= 0.3 is 0 Å². The molecule has 2 aromatic carbocycles. The van der Waals surface area contributed by atoms with Gasteiger partial charge < -0.3 is 0 Å². The number of nitrogens with zero attached hydrogens (tertiary/aromatic N) is 1. The largest absolute Gasteiger partial charge is 0.279 e. The standard InChI is InChI=1S/C19H16N2S/c1-3-8-14(9-4-1)17-18(15-10-5-2-6-11-15)21-19(20-17)16-12-7-13-22-16/h1-13,17,19-20H. The van der Waals surface area contributed by atoms with Crippen molar-refractivity contribution in [3.05, 3.63) is 94.2 Å². The van der Waals surface area contributed by atoms with Crippen molar-refractivity contribution < 1.29 is 0 Å². The monoisotopic (exact) mass is 304 g/mol. The Kier molecular flexibility index (Phi) is 3.59. The van der Waals surface area contributed by atoms with Crippen LogP contribution in [0.3, 0.4) is 0 Å². The maximum Gasteiger partial charge on any atom is 0.135 e. The van der Waals surface area contributed by atoms with Gasteiger partial charge in [-0.1, -0.05) is 66.7 Å². The molecule has 0 fully saturated rings. The lowest BCUT2D eigenvalue weighted by molar-refractivity contribution is 0.582. The van der Waals surface area contributed by atoms with E-state index in [-0.39, 0.29) is 12.2 Å². The van der Waals surface area contributed by atoms with E-state index in [0.29, 0.717) is 0 Å². The summed E-state index contributed by atoms with van der Waals surface area (Å²) in [6.07, 6.45) is 0.0420. The first kappa shape index (κ1) is 13.4. The van der Waals surface area contributed by atoms with Crippen LogP contribution in [0.4, 0.5) is 0 Å². The van der Waals surface area contributed by atoms with Gasteiger partial charge in [0.25, 0.3) is 0 Å².